The Bertz CT molecular complexity index is 1800. The number of anilines is 2. The number of carbonyl (C=O) groups is 2. The van der Waals surface area contributed by atoms with Crippen LogP contribution in [-0.4, -0.2) is 28.5 Å². The number of aryl methyl sites for hydroxylation is 2. The van der Waals surface area contributed by atoms with Gasteiger partial charge in [0, 0.05) is 28.0 Å². The Morgan fingerprint density at radius 1 is 1.07 bits per heavy atom. The summed E-state index contributed by atoms with van der Waals surface area (Å²) in [5.41, 5.74) is 3.79. The molecule has 2 aliphatic heterocycles. The molecule has 3 aromatic carbocycles. The van der Waals surface area contributed by atoms with E-state index in [1.54, 1.807) is 41.3 Å². The van der Waals surface area contributed by atoms with Gasteiger partial charge in [-0.15, -0.1) is 0 Å². The van der Waals surface area contributed by atoms with Crippen molar-refractivity contribution in [3.05, 3.63) is 93.3 Å². The monoisotopic (exact) mass is 551 g/mol. The number of imidazole rings is 1. The van der Waals surface area contributed by atoms with Crippen LogP contribution in [0.4, 0.5) is 11.4 Å². The summed E-state index contributed by atoms with van der Waals surface area (Å²) in [4.78, 5) is 35.3. The van der Waals surface area contributed by atoms with Crippen LogP contribution in [0.1, 0.15) is 58.3 Å². The van der Waals surface area contributed by atoms with Crippen LogP contribution in [0, 0.1) is 25.2 Å². The van der Waals surface area contributed by atoms with Crippen molar-refractivity contribution in [3.8, 4) is 23.2 Å². The number of fused-ring (bicyclic) bond motifs is 4. The van der Waals surface area contributed by atoms with Crippen LogP contribution in [0.5, 0.6) is 5.75 Å². The lowest BCUT2D eigenvalue weighted by molar-refractivity contribution is -0.119. The summed E-state index contributed by atoms with van der Waals surface area (Å²) in [7, 11) is 1.52. The number of amides is 2. The van der Waals surface area contributed by atoms with Gasteiger partial charge in [-0.1, -0.05) is 29.8 Å². The molecule has 0 aliphatic carbocycles. The average molecular weight is 552 g/mol. The standard InChI is InChI=1S/C31H26ClN5O3/c1-16(2)36-27-26(35-28(36)21-10-8-19(15-33)13-25(21)40-5)29(38)37(24-12-17(3)6-7-18(24)4)31(27)22-11-9-20(32)14-23(22)34-30(31)39/h6-14,16H,1-5H3,(H,34,39). The highest BCUT2D eigenvalue weighted by atomic mass is 35.5. The van der Waals surface area contributed by atoms with Crippen LogP contribution < -0.4 is 15.0 Å². The molecule has 2 amide bonds. The number of nitrogens with one attached hydrogen (secondary N) is 1. The lowest BCUT2D eigenvalue weighted by Gasteiger charge is -2.36. The molecule has 1 atom stereocenters. The Labute approximate surface area is 236 Å². The zero-order valence-electron chi connectivity index (χ0n) is 22.7. The number of halogens is 1. The van der Waals surface area contributed by atoms with Gasteiger partial charge in [0.25, 0.3) is 11.8 Å². The van der Waals surface area contributed by atoms with E-state index in [0.29, 0.717) is 50.4 Å². The molecule has 0 saturated heterocycles. The van der Waals surface area contributed by atoms with Gasteiger partial charge in [0.2, 0.25) is 0 Å². The molecule has 1 spiro atoms. The van der Waals surface area contributed by atoms with Crippen LogP contribution in [0.3, 0.4) is 0 Å². The minimum atomic E-state index is -1.53. The minimum Gasteiger partial charge on any atom is -0.496 e. The van der Waals surface area contributed by atoms with Gasteiger partial charge in [0.1, 0.15) is 11.6 Å². The molecule has 9 heteroatoms. The van der Waals surface area contributed by atoms with E-state index in [9.17, 15) is 14.9 Å². The third kappa shape index (κ3) is 3.34. The van der Waals surface area contributed by atoms with Gasteiger partial charge in [-0.05, 0) is 75.2 Å². The Kier molecular flexibility index (Phi) is 5.75. The lowest BCUT2D eigenvalue weighted by atomic mass is 9.86. The van der Waals surface area contributed by atoms with Crippen LogP contribution >= 0.6 is 11.6 Å². The first kappa shape index (κ1) is 25.7. The molecule has 1 aromatic heterocycles. The summed E-state index contributed by atoms with van der Waals surface area (Å²) < 4.78 is 7.57. The maximum atomic E-state index is 14.5. The molecule has 0 radical (unpaired) electrons. The van der Waals surface area contributed by atoms with Crippen LogP contribution in [0.25, 0.3) is 11.4 Å². The molecule has 4 aromatic rings. The van der Waals surface area contributed by atoms with Crippen molar-refractivity contribution in [2.75, 3.05) is 17.3 Å². The van der Waals surface area contributed by atoms with Crippen molar-refractivity contribution in [1.29, 1.82) is 5.26 Å². The molecule has 200 valence electrons. The second-order valence-corrected chi connectivity index (χ2v) is 10.8. The Hall–Kier alpha value is -4.61. The lowest BCUT2D eigenvalue weighted by Crippen LogP contribution is -2.51. The SMILES string of the molecule is COc1cc(C#N)ccc1-c1nc2c(n1C(C)C)C1(C(=O)Nc3cc(Cl)ccc31)N(c1cc(C)ccc1C)C2=O. The van der Waals surface area contributed by atoms with E-state index < -0.39 is 5.54 Å². The number of hydrogen-bond acceptors (Lipinski definition) is 5. The van der Waals surface area contributed by atoms with Crippen molar-refractivity contribution in [3.63, 3.8) is 0 Å². The molecule has 40 heavy (non-hydrogen) atoms. The van der Waals surface area contributed by atoms with E-state index >= 15 is 0 Å². The van der Waals surface area contributed by atoms with E-state index in [0.717, 1.165) is 11.1 Å². The predicted molar refractivity (Wildman–Crippen MR) is 153 cm³/mol. The van der Waals surface area contributed by atoms with Crippen molar-refractivity contribution >= 4 is 34.8 Å². The quantitative estimate of drug-likeness (QED) is 0.328. The maximum Gasteiger partial charge on any atom is 0.280 e. The zero-order valence-corrected chi connectivity index (χ0v) is 23.4. The summed E-state index contributed by atoms with van der Waals surface area (Å²) in [5.74, 6) is 0.179. The topological polar surface area (TPSA) is 100 Å². The van der Waals surface area contributed by atoms with E-state index in [-0.39, 0.29) is 23.6 Å². The smallest absolute Gasteiger partial charge is 0.280 e. The summed E-state index contributed by atoms with van der Waals surface area (Å²) in [5, 5.41) is 12.9. The van der Waals surface area contributed by atoms with Crippen LogP contribution in [0.15, 0.2) is 54.6 Å². The van der Waals surface area contributed by atoms with Crippen molar-refractivity contribution < 1.29 is 14.3 Å². The molecule has 1 N–H and O–H groups in total. The van der Waals surface area contributed by atoms with Gasteiger partial charge in [-0.3, -0.25) is 14.5 Å². The predicted octanol–water partition coefficient (Wildman–Crippen LogP) is 6.14. The molecule has 2 aliphatic rings. The average Bonchev–Trinajstić information content (AvgIpc) is 3.53. The van der Waals surface area contributed by atoms with E-state index in [1.165, 1.54) is 7.11 Å². The number of ether oxygens (including phenoxy) is 1. The Morgan fingerprint density at radius 3 is 2.55 bits per heavy atom. The van der Waals surface area contributed by atoms with Gasteiger partial charge in [0.05, 0.1) is 30.0 Å². The van der Waals surface area contributed by atoms with E-state index in [4.69, 9.17) is 21.3 Å². The maximum absolute atomic E-state index is 14.5. The van der Waals surface area contributed by atoms with Crippen molar-refractivity contribution in [2.45, 2.75) is 39.3 Å². The molecule has 3 heterocycles. The Morgan fingerprint density at radius 2 is 1.85 bits per heavy atom. The van der Waals surface area contributed by atoms with Gasteiger partial charge in [-0.2, -0.15) is 5.26 Å². The second kappa shape index (κ2) is 8.97. The molecular formula is C31H26ClN5O3. The van der Waals surface area contributed by atoms with Crippen LogP contribution in [-0.2, 0) is 10.3 Å². The third-order valence-electron chi connectivity index (χ3n) is 7.64. The molecule has 0 bridgehead atoms. The fraction of sp³-hybridized carbons (Fsp3) is 0.226. The first-order valence-corrected chi connectivity index (χ1v) is 13.3. The number of methoxy groups -OCH3 is 1. The van der Waals surface area contributed by atoms with E-state index in [1.807, 2.05) is 50.5 Å². The number of aromatic nitrogens is 2. The molecule has 1 unspecified atom stereocenters. The molecular weight excluding hydrogens is 526 g/mol. The van der Waals surface area contributed by atoms with Gasteiger partial charge < -0.3 is 14.6 Å². The first-order valence-electron chi connectivity index (χ1n) is 12.9. The van der Waals surface area contributed by atoms with Crippen molar-refractivity contribution in [1.82, 2.24) is 9.55 Å². The number of nitriles is 1. The third-order valence-corrected chi connectivity index (χ3v) is 7.87. The fourth-order valence-electron chi connectivity index (χ4n) is 5.91. The highest BCUT2D eigenvalue weighted by Crippen LogP contribution is 2.55. The molecule has 0 saturated carbocycles. The summed E-state index contributed by atoms with van der Waals surface area (Å²) in [6, 6.07) is 18.1. The number of benzene rings is 3. The summed E-state index contributed by atoms with van der Waals surface area (Å²) in [6.07, 6.45) is 0. The van der Waals surface area contributed by atoms with Gasteiger partial charge >= 0.3 is 0 Å². The first-order chi connectivity index (χ1) is 19.1. The minimum absolute atomic E-state index is 0.189. The highest BCUT2D eigenvalue weighted by molar-refractivity contribution is 6.31. The Balaban J connectivity index is 1.73. The number of nitrogens with zero attached hydrogens (tertiary/aromatic N) is 4. The molecule has 8 nitrogen and oxygen atoms in total. The van der Waals surface area contributed by atoms with Crippen LogP contribution in [0.2, 0.25) is 5.02 Å². The zero-order chi connectivity index (χ0) is 28.5. The summed E-state index contributed by atoms with van der Waals surface area (Å²) in [6.45, 7) is 7.84. The number of carbonyl (C=O) groups excluding carboxylic acids is 2. The number of rotatable bonds is 4. The van der Waals surface area contributed by atoms with Crippen molar-refractivity contribution in [2.24, 2.45) is 0 Å². The van der Waals surface area contributed by atoms with Gasteiger partial charge in [-0.25, -0.2) is 4.98 Å². The van der Waals surface area contributed by atoms with E-state index in [2.05, 4.69) is 11.4 Å². The summed E-state index contributed by atoms with van der Waals surface area (Å²) >= 11 is 6.33. The molecule has 0 fully saturated rings. The second-order valence-electron chi connectivity index (χ2n) is 10.4. The normalized spacial score (nSPS) is 17.3. The van der Waals surface area contributed by atoms with Gasteiger partial charge in [0.15, 0.2) is 11.2 Å². The largest absolute Gasteiger partial charge is 0.496 e. The fourth-order valence-corrected chi connectivity index (χ4v) is 6.08. The number of hydrogen-bond donors (Lipinski definition) is 1. The molecule has 6 rings (SSSR count). The highest BCUT2D eigenvalue weighted by Gasteiger charge is 2.64.